The molecule has 0 spiro atoms. The first-order valence-corrected chi connectivity index (χ1v) is 2.05. The Labute approximate surface area is 52.1 Å². The summed E-state index contributed by atoms with van der Waals surface area (Å²) in [5.41, 5.74) is 4.76. The van der Waals surface area contributed by atoms with Gasteiger partial charge in [-0.05, 0) is 6.42 Å². The molecule has 0 heterocycles. The molecule has 0 rings (SSSR count). The fourth-order valence-corrected chi connectivity index (χ4v) is 0.246. The van der Waals surface area contributed by atoms with Gasteiger partial charge in [-0.1, -0.05) is 21.8 Å². The van der Waals surface area contributed by atoms with Gasteiger partial charge in [-0.3, -0.25) is 4.79 Å². The molecule has 0 aliphatic rings. The minimum absolute atomic E-state index is 0. The third-order valence-corrected chi connectivity index (χ3v) is 0.496. The fourth-order valence-electron chi connectivity index (χ4n) is 0.246. The van der Waals surface area contributed by atoms with Crippen LogP contribution in [0.25, 0.3) is 0 Å². The van der Waals surface area contributed by atoms with Gasteiger partial charge >= 0.3 is 0 Å². The summed E-state index contributed by atoms with van der Waals surface area (Å²) in [6, 6.07) is 0. The lowest BCUT2D eigenvalue weighted by Crippen LogP contribution is -2.08. The molecule has 0 unspecified atom stereocenters. The van der Waals surface area contributed by atoms with E-state index >= 15 is 0 Å². The average Bonchev–Trinajstić information content (AvgIpc) is 1.35. The van der Waals surface area contributed by atoms with E-state index in [-0.39, 0.29) is 20.8 Å². The van der Waals surface area contributed by atoms with Gasteiger partial charge in [0.15, 0.2) is 0 Å². The topological polar surface area (TPSA) is 43.1 Å². The van der Waals surface area contributed by atoms with Gasteiger partial charge in [0.25, 0.3) is 0 Å². The molecule has 1 amide bonds. The Bertz CT molecular complexity index is 52.5. The largest absolute Gasteiger partial charge is 0.370 e. The summed E-state index contributed by atoms with van der Waals surface area (Å²) in [7, 11) is 0. The molecule has 0 aliphatic carbocycles. The maximum atomic E-state index is 9.82. The highest BCUT2D eigenvalue weighted by Gasteiger charge is 1.84. The van der Waals surface area contributed by atoms with Crippen molar-refractivity contribution in [3.05, 3.63) is 0 Å². The predicted octanol–water partition coefficient (Wildman–Crippen LogP) is 1.54. The SMILES string of the molecule is C.C.CCCC(N)=O. The first kappa shape index (κ1) is 15.6. The highest BCUT2D eigenvalue weighted by atomic mass is 16.1. The average molecular weight is 119 g/mol. The third kappa shape index (κ3) is 17.9. The molecule has 0 aliphatic heterocycles. The van der Waals surface area contributed by atoms with Gasteiger partial charge in [0, 0.05) is 6.42 Å². The molecule has 0 bridgehead atoms. The zero-order valence-corrected chi connectivity index (χ0v) is 3.90. The molecule has 2 heteroatoms. The van der Waals surface area contributed by atoms with Crippen molar-refractivity contribution in [3.8, 4) is 0 Å². The van der Waals surface area contributed by atoms with Crippen molar-refractivity contribution in [1.82, 2.24) is 0 Å². The Balaban J connectivity index is -0.000000125. The van der Waals surface area contributed by atoms with E-state index in [1.165, 1.54) is 0 Å². The number of amides is 1. The van der Waals surface area contributed by atoms with E-state index in [9.17, 15) is 4.79 Å². The molecule has 0 fully saturated rings. The van der Waals surface area contributed by atoms with Gasteiger partial charge in [0.05, 0.1) is 0 Å². The van der Waals surface area contributed by atoms with Gasteiger partial charge in [-0.2, -0.15) is 0 Å². The van der Waals surface area contributed by atoms with Crippen LogP contribution < -0.4 is 5.73 Å². The van der Waals surface area contributed by atoms with Crippen LogP contribution in [0.15, 0.2) is 0 Å². The molecule has 0 aromatic carbocycles. The Morgan fingerprint density at radius 3 is 1.88 bits per heavy atom. The lowest BCUT2D eigenvalue weighted by Gasteiger charge is -1.81. The first-order valence-electron chi connectivity index (χ1n) is 2.05. The van der Waals surface area contributed by atoms with E-state index in [2.05, 4.69) is 0 Å². The van der Waals surface area contributed by atoms with Crippen LogP contribution in [-0.2, 0) is 4.79 Å². The van der Waals surface area contributed by atoms with E-state index in [1.54, 1.807) is 0 Å². The van der Waals surface area contributed by atoms with E-state index in [4.69, 9.17) is 5.73 Å². The lowest BCUT2D eigenvalue weighted by atomic mass is 10.3. The van der Waals surface area contributed by atoms with Crippen molar-refractivity contribution in [2.24, 2.45) is 5.73 Å². The summed E-state index contributed by atoms with van der Waals surface area (Å²) in [5, 5.41) is 0. The van der Waals surface area contributed by atoms with Crippen molar-refractivity contribution in [2.75, 3.05) is 0 Å². The maximum Gasteiger partial charge on any atom is 0.217 e. The van der Waals surface area contributed by atoms with Crippen LogP contribution in [0.5, 0.6) is 0 Å². The third-order valence-electron chi connectivity index (χ3n) is 0.496. The summed E-state index contributed by atoms with van der Waals surface area (Å²) in [6.45, 7) is 1.92. The van der Waals surface area contributed by atoms with Crippen molar-refractivity contribution in [1.29, 1.82) is 0 Å². The fraction of sp³-hybridized carbons (Fsp3) is 0.833. The zero-order chi connectivity index (χ0) is 4.99. The second-order valence-corrected chi connectivity index (χ2v) is 1.22. The molecule has 0 saturated heterocycles. The summed E-state index contributed by atoms with van der Waals surface area (Å²) in [6.07, 6.45) is 1.37. The van der Waals surface area contributed by atoms with Crippen LogP contribution in [0.4, 0.5) is 0 Å². The summed E-state index contributed by atoms with van der Waals surface area (Å²) >= 11 is 0. The van der Waals surface area contributed by atoms with E-state index in [0.717, 1.165) is 6.42 Å². The van der Waals surface area contributed by atoms with E-state index in [1.807, 2.05) is 6.92 Å². The molecule has 0 aromatic heterocycles. The summed E-state index contributed by atoms with van der Waals surface area (Å²) in [5.74, 6) is -0.211. The Morgan fingerprint density at radius 1 is 1.50 bits per heavy atom. The lowest BCUT2D eigenvalue weighted by molar-refractivity contribution is -0.118. The maximum absolute atomic E-state index is 9.82. The van der Waals surface area contributed by atoms with Gasteiger partial charge < -0.3 is 5.73 Å². The number of carbonyl (C=O) groups is 1. The highest BCUT2D eigenvalue weighted by molar-refractivity contribution is 5.73. The number of hydrogen-bond donors (Lipinski definition) is 1. The van der Waals surface area contributed by atoms with Crippen LogP contribution in [0.1, 0.15) is 34.6 Å². The smallest absolute Gasteiger partial charge is 0.217 e. The van der Waals surface area contributed by atoms with Gasteiger partial charge in [0.2, 0.25) is 5.91 Å². The predicted molar refractivity (Wildman–Crippen MR) is 37.6 cm³/mol. The summed E-state index contributed by atoms with van der Waals surface area (Å²) in [4.78, 5) is 9.82. The minimum atomic E-state index is -0.211. The summed E-state index contributed by atoms with van der Waals surface area (Å²) < 4.78 is 0. The highest BCUT2D eigenvalue weighted by Crippen LogP contribution is 1.79. The Hall–Kier alpha value is -0.530. The molecule has 2 nitrogen and oxygen atoms in total. The van der Waals surface area contributed by atoms with E-state index < -0.39 is 0 Å². The van der Waals surface area contributed by atoms with Gasteiger partial charge in [-0.15, -0.1) is 0 Å². The minimum Gasteiger partial charge on any atom is -0.370 e. The van der Waals surface area contributed by atoms with Gasteiger partial charge in [-0.25, -0.2) is 0 Å². The molecule has 8 heavy (non-hydrogen) atoms. The second-order valence-electron chi connectivity index (χ2n) is 1.22. The monoisotopic (exact) mass is 119 g/mol. The number of rotatable bonds is 2. The zero-order valence-electron chi connectivity index (χ0n) is 3.90. The molecular weight excluding hydrogens is 102 g/mol. The van der Waals surface area contributed by atoms with Crippen molar-refractivity contribution in [3.63, 3.8) is 0 Å². The first-order chi connectivity index (χ1) is 2.77. The molecule has 2 N–H and O–H groups in total. The molecule has 0 radical (unpaired) electrons. The number of carbonyl (C=O) groups excluding carboxylic acids is 1. The molecule has 52 valence electrons. The van der Waals surface area contributed by atoms with Crippen LogP contribution in [-0.4, -0.2) is 5.91 Å². The van der Waals surface area contributed by atoms with Crippen molar-refractivity contribution in [2.45, 2.75) is 34.6 Å². The normalized spacial score (nSPS) is 6.12. The molecule has 0 saturated carbocycles. The Kier molecular flexibility index (Phi) is 19.0. The van der Waals surface area contributed by atoms with Crippen LogP contribution in [0.2, 0.25) is 0 Å². The second kappa shape index (κ2) is 9.69. The van der Waals surface area contributed by atoms with Crippen LogP contribution >= 0.6 is 0 Å². The van der Waals surface area contributed by atoms with E-state index in [0.29, 0.717) is 6.42 Å². The number of primary amides is 1. The van der Waals surface area contributed by atoms with Crippen molar-refractivity contribution >= 4 is 5.91 Å². The van der Waals surface area contributed by atoms with Crippen LogP contribution in [0, 0.1) is 0 Å². The van der Waals surface area contributed by atoms with Gasteiger partial charge in [0.1, 0.15) is 0 Å². The van der Waals surface area contributed by atoms with Crippen molar-refractivity contribution < 1.29 is 4.79 Å². The number of nitrogens with two attached hydrogens (primary N) is 1. The Morgan fingerprint density at radius 2 is 1.88 bits per heavy atom. The van der Waals surface area contributed by atoms with Crippen LogP contribution in [0.3, 0.4) is 0 Å². The molecular formula is C6H17NO. The standard InChI is InChI=1S/C4H9NO.2CH4/c1-2-3-4(5)6;;/h2-3H2,1H3,(H2,5,6);2*1H4. The molecule has 0 atom stereocenters. The quantitative estimate of drug-likeness (QED) is 0.588. The number of hydrogen-bond acceptors (Lipinski definition) is 1. The molecule has 0 aromatic rings.